The summed E-state index contributed by atoms with van der Waals surface area (Å²) in [6.45, 7) is 5.82. The van der Waals surface area contributed by atoms with Crippen molar-refractivity contribution in [2.24, 2.45) is 0 Å². The van der Waals surface area contributed by atoms with Gasteiger partial charge in [-0.3, -0.25) is 4.79 Å². The zero-order chi connectivity index (χ0) is 17.2. The molecule has 0 saturated carbocycles. The van der Waals surface area contributed by atoms with Crippen molar-refractivity contribution in [1.29, 1.82) is 0 Å². The molecule has 1 fully saturated rings. The summed E-state index contributed by atoms with van der Waals surface area (Å²) in [6, 6.07) is 5.66. The lowest BCUT2D eigenvalue weighted by Gasteiger charge is -2.26. The van der Waals surface area contributed by atoms with Gasteiger partial charge in [-0.25, -0.2) is 0 Å². The lowest BCUT2D eigenvalue weighted by atomic mass is 10.1. The summed E-state index contributed by atoms with van der Waals surface area (Å²) in [6.07, 6.45) is 7.80. The SMILES string of the molecule is CC=Cc1ccc(OCC(=O)NCCN2CCCCC2)c(OC)c1. The molecule has 1 aliphatic heterocycles. The monoisotopic (exact) mass is 332 g/mol. The molecule has 0 radical (unpaired) electrons. The van der Waals surface area contributed by atoms with E-state index in [9.17, 15) is 4.79 Å². The lowest BCUT2D eigenvalue weighted by Crippen LogP contribution is -2.39. The van der Waals surface area contributed by atoms with E-state index in [1.165, 1.54) is 19.3 Å². The molecule has 24 heavy (non-hydrogen) atoms. The van der Waals surface area contributed by atoms with Crippen molar-refractivity contribution in [3.05, 3.63) is 29.8 Å². The van der Waals surface area contributed by atoms with Crippen molar-refractivity contribution in [3.63, 3.8) is 0 Å². The first kappa shape index (κ1) is 18.3. The second kappa shape index (κ2) is 9.98. The first-order valence-electron chi connectivity index (χ1n) is 8.65. The van der Waals surface area contributed by atoms with Crippen LogP contribution in [-0.2, 0) is 4.79 Å². The third-order valence-electron chi connectivity index (χ3n) is 4.10. The third kappa shape index (κ3) is 5.89. The number of allylic oxidation sites excluding steroid dienone is 1. The Hall–Kier alpha value is -2.01. The van der Waals surface area contributed by atoms with Gasteiger partial charge in [0.1, 0.15) is 0 Å². The van der Waals surface area contributed by atoms with E-state index in [0.717, 1.165) is 25.2 Å². The Labute approximate surface area is 144 Å². The summed E-state index contributed by atoms with van der Waals surface area (Å²) in [5, 5.41) is 2.91. The minimum Gasteiger partial charge on any atom is -0.493 e. The Bertz CT molecular complexity index is 552. The normalized spacial score (nSPS) is 15.4. The van der Waals surface area contributed by atoms with Crippen LogP contribution in [0.3, 0.4) is 0 Å². The topological polar surface area (TPSA) is 50.8 Å². The standard InChI is InChI=1S/C19H28N2O3/c1-3-7-16-8-9-17(18(14-16)23-2)24-15-19(22)20-10-13-21-11-5-4-6-12-21/h3,7-9,14H,4-6,10-13,15H2,1-2H3,(H,20,22). The predicted molar refractivity (Wildman–Crippen MR) is 96.5 cm³/mol. The summed E-state index contributed by atoms with van der Waals surface area (Å²) in [5.41, 5.74) is 1.03. The van der Waals surface area contributed by atoms with Gasteiger partial charge < -0.3 is 19.7 Å². The average molecular weight is 332 g/mol. The maximum absolute atomic E-state index is 11.9. The fourth-order valence-electron chi connectivity index (χ4n) is 2.83. The molecule has 5 heteroatoms. The largest absolute Gasteiger partial charge is 0.493 e. The Balaban J connectivity index is 1.74. The maximum Gasteiger partial charge on any atom is 0.257 e. The first-order chi connectivity index (χ1) is 11.7. The van der Waals surface area contributed by atoms with Gasteiger partial charge in [-0.2, -0.15) is 0 Å². The number of ether oxygens (including phenoxy) is 2. The van der Waals surface area contributed by atoms with Crippen LogP contribution in [0, 0.1) is 0 Å². The van der Waals surface area contributed by atoms with E-state index in [-0.39, 0.29) is 12.5 Å². The molecule has 0 aromatic heterocycles. The molecule has 0 bridgehead atoms. The number of carbonyl (C=O) groups is 1. The van der Waals surface area contributed by atoms with Crippen molar-refractivity contribution in [3.8, 4) is 11.5 Å². The van der Waals surface area contributed by atoms with Gasteiger partial charge in [-0.05, 0) is 50.6 Å². The lowest BCUT2D eigenvalue weighted by molar-refractivity contribution is -0.123. The molecule has 0 aliphatic carbocycles. The molecule has 5 nitrogen and oxygen atoms in total. The molecule has 1 heterocycles. The summed E-state index contributed by atoms with van der Waals surface area (Å²) >= 11 is 0. The first-order valence-corrected chi connectivity index (χ1v) is 8.65. The fraction of sp³-hybridized carbons (Fsp3) is 0.526. The van der Waals surface area contributed by atoms with Crippen molar-refractivity contribution >= 4 is 12.0 Å². The minimum atomic E-state index is -0.105. The highest BCUT2D eigenvalue weighted by atomic mass is 16.5. The van der Waals surface area contributed by atoms with E-state index in [1.54, 1.807) is 7.11 Å². The number of methoxy groups -OCH3 is 1. The zero-order valence-electron chi connectivity index (χ0n) is 14.7. The molecule has 132 valence electrons. The Kier molecular flexibility index (Phi) is 7.62. The van der Waals surface area contributed by atoms with Crippen molar-refractivity contribution in [2.45, 2.75) is 26.2 Å². The van der Waals surface area contributed by atoms with Crippen LogP contribution in [0.5, 0.6) is 11.5 Å². The molecule has 1 aliphatic rings. The van der Waals surface area contributed by atoms with Crippen LogP contribution >= 0.6 is 0 Å². The van der Waals surface area contributed by atoms with Crippen LogP contribution in [0.2, 0.25) is 0 Å². The summed E-state index contributed by atoms with van der Waals surface area (Å²) in [5.74, 6) is 1.11. The van der Waals surface area contributed by atoms with Gasteiger partial charge in [-0.1, -0.05) is 24.6 Å². The van der Waals surface area contributed by atoms with Gasteiger partial charge in [-0.15, -0.1) is 0 Å². The molecule has 2 rings (SSSR count). The average Bonchev–Trinajstić information content (AvgIpc) is 2.61. The minimum absolute atomic E-state index is 0.000671. The van der Waals surface area contributed by atoms with E-state index >= 15 is 0 Å². The molecule has 0 unspecified atom stereocenters. The molecular weight excluding hydrogens is 304 g/mol. The van der Waals surface area contributed by atoms with Gasteiger partial charge in [0.15, 0.2) is 18.1 Å². The van der Waals surface area contributed by atoms with E-state index in [1.807, 2.05) is 37.3 Å². The Morgan fingerprint density at radius 2 is 2.04 bits per heavy atom. The van der Waals surface area contributed by atoms with Gasteiger partial charge in [0.25, 0.3) is 5.91 Å². The van der Waals surface area contributed by atoms with Gasteiger partial charge >= 0.3 is 0 Å². The van der Waals surface area contributed by atoms with Crippen LogP contribution < -0.4 is 14.8 Å². The van der Waals surface area contributed by atoms with Gasteiger partial charge in [0.2, 0.25) is 0 Å². The zero-order valence-corrected chi connectivity index (χ0v) is 14.7. The second-order valence-electron chi connectivity index (χ2n) is 5.95. The molecule has 0 atom stereocenters. The second-order valence-corrected chi connectivity index (χ2v) is 5.95. The van der Waals surface area contributed by atoms with Gasteiger partial charge in [0.05, 0.1) is 7.11 Å². The van der Waals surface area contributed by atoms with E-state index in [4.69, 9.17) is 9.47 Å². The van der Waals surface area contributed by atoms with Crippen LogP contribution in [0.1, 0.15) is 31.7 Å². The molecule has 0 spiro atoms. The Morgan fingerprint density at radius 1 is 1.25 bits per heavy atom. The molecule has 1 saturated heterocycles. The van der Waals surface area contributed by atoms with Crippen LogP contribution in [0.25, 0.3) is 6.08 Å². The number of piperidine rings is 1. The molecule has 1 aromatic carbocycles. The number of carbonyl (C=O) groups excluding carboxylic acids is 1. The molecule has 1 amide bonds. The van der Waals surface area contributed by atoms with Crippen LogP contribution in [0.15, 0.2) is 24.3 Å². The summed E-state index contributed by atoms with van der Waals surface area (Å²) in [4.78, 5) is 14.3. The molecule has 1 aromatic rings. The van der Waals surface area contributed by atoms with Crippen molar-refractivity contribution < 1.29 is 14.3 Å². The summed E-state index contributed by atoms with van der Waals surface area (Å²) in [7, 11) is 1.60. The van der Waals surface area contributed by atoms with Crippen molar-refractivity contribution in [1.82, 2.24) is 10.2 Å². The number of nitrogens with one attached hydrogen (secondary N) is 1. The molecule has 1 N–H and O–H groups in total. The van der Waals surface area contributed by atoms with Crippen molar-refractivity contribution in [2.75, 3.05) is 39.9 Å². The molecular formula is C19H28N2O3. The summed E-state index contributed by atoms with van der Waals surface area (Å²) < 4.78 is 10.9. The number of likely N-dealkylation sites (tertiary alicyclic amines) is 1. The third-order valence-corrected chi connectivity index (χ3v) is 4.10. The van der Waals surface area contributed by atoms with Crippen LogP contribution in [0.4, 0.5) is 0 Å². The van der Waals surface area contributed by atoms with Crippen LogP contribution in [-0.4, -0.2) is 50.7 Å². The van der Waals surface area contributed by atoms with Gasteiger partial charge in [0, 0.05) is 13.1 Å². The Morgan fingerprint density at radius 3 is 2.75 bits per heavy atom. The van der Waals surface area contributed by atoms with E-state index in [2.05, 4.69) is 10.2 Å². The predicted octanol–water partition coefficient (Wildman–Crippen LogP) is 2.71. The highest BCUT2D eigenvalue weighted by Crippen LogP contribution is 2.28. The highest BCUT2D eigenvalue weighted by molar-refractivity contribution is 5.77. The number of hydrogen-bond acceptors (Lipinski definition) is 4. The number of hydrogen-bond donors (Lipinski definition) is 1. The number of nitrogens with zero attached hydrogens (tertiary/aromatic N) is 1. The highest BCUT2D eigenvalue weighted by Gasteiger charge is 2.11. The number of rotatable bonds is 8. The maximum atomic E-state index is 11.9. The number of benzene rings is 1. The quantitative estimate of drug-likeness (QED) is 0.795. The smallest absolute Gasteiger partial charge is 0.257 e. The van der Waals surface area contributed by atoms with E-state index < -0.39 is 0 Å². The fourth-order valence-corrected chi connectivity index (χ4v) is 2.83. The van der Waals surface area contributed by atoms with E-state index in [0.29, 0.717) is 18.0 Å². The number of amides is 1.